The minimum absolute atomic E-state index is 0.598. The highest BCUT2D eigenvalue weighted by molar-refractivity contribution is 5.63. The van der Waals surface area contributed by atoms with E-state index in [1.54, 1.807) is 6.07 Å². The maximum absolute atomic E-state index is 5.61. The molecule has 0 radical (unpaired) electrons. The molecule has 0 spiro atoms. The number of hydrogen-bond acceptors (Lipinski definition) is 3. The molecule has 1 aromatic rings. The highest BCUT2D eigenvalue weighted by Gasteiger charge is 1.96. The van der Waals surface area contributed by atoms with Crippen LogP contribution in [0.3, 0.4) is 0 Å². The number of ether oxygens (including phenoxy) is 1. The Balaban J connectivity index is 2.69. The van der Waals surface area contributed by atoms with Crippen LogP contribution in [0.5, 0.6) is 0 Å². The Bertz CT molecular complexity index is 261. The third kappa shape index (κ3) is 2.13. The van der Waals surface area contributed by atoms with Crippen LogP contribution in [-0.4, -0.2) is 6.61 Å². The quantitative estimate of drug-likeness (QED) is 0.667. The molecule has 0 amide bonds. The molecule has 0 aliphatic rings. The first-order valence-corrected chi connectivity index (χ1v) is 3.95. The van der Waals surface area contributed by atoms with Crippen molar-refractivity contribution in [3.05, 3.63) is 23.8 Å². The van der Waals surface area contributed by atoms with E-state index in [0.29, 0.717) is 24.6 Å². The van der Waals surface area contributed by atoms with Crippen LogP contribution in [0.2, 0.25) is 0 Å². The maximum Gasteiger partial charge on any atom is 0.0717 e. The fourth-order valence-electron chi connectivity index (χ4n) is 0.934. The summed E-state index contributed by atoms with van der Waals surface area (Å²) in [4.78, 5) is 0. The van der Waals surface area contributed by atoms with E-state index in [1.165, 1.54) is 0 Å². The number of anilines is 2. The minimum atomic E-state index is 0.598. The van der Waals surface area contributed by atoms with Gasteiger partial charge in [-0.05, 0) is 24.6 Å². The third-order valence-corrected chi connectivity index (χ3v) is 1.62. The van der Waals surface area contributed by atoms with Gasteiger partial charge in [-0.2, -0.15) is 0 Å². The van der Waals surface area contributed by atoms with E-state index in [0.717, 1.165) is 5.56 Å². The Kier molecular flexibility index (Phi) is 2.94. The van der Waals surface area contributed by atoms with Gasteiger partial charge in [-0.1, -0.05) is 6.07 Å². The van der Waals surface area contributed by atoms with Crippen LogP contribution in [0, 0.1) is 0 Å². The van der Waals surface area contributed by atoms with Gasteiger partial charge in [0.2, 0.25) is 0 Å². The van der Waals surface area contributed by atoms with Crippen molar-refractivity contribution in [3.8, 4) is 0 Å². The molecule has 0 atom stereocenters. The molecule has 0 saturated carbocycles. The average molecular weight is 166 g/mol. The molecule has 12 heavy (non-hydrogen) atoms. The standard InChI is InChI=1S/C9H14N2O/c1-2-12-6-7-3-4-8(10)9(11)5-7/h3-5H,2,6,10-11H2,1H3. The zero-order valence-corrected chi connectivity index (χ0v) is 7.21. The molecule has 3 heteroatoms. The van der Waals surface area contributed by atoms with Crippen molar-refractivity contribution in [3.63, 3.8) is 0 Å². The predicted octanol–water partition coefficient (Wildman–Crippen LogP) is 1.39. The van der Waals surface area contributed by atoms with Crippen molar-refractivity contribution >= 4 is 11.4 Å². The second kappa shape index (κ2) is 3.97. The Morgan fingerprint density at radius 3 is 2.58 bits per heavy atom. The molecule has 0 aliphatic heterocycles. The number of nitrogen functional groups attached to an aromatic ring is 2. The van der Waals surface area contributed by atoms with E-state index in [2.05, 4.69) is 0 Å². The van der Waals surface area contributed by atoms with Crippen LogP contribution < -0.4 is 11.5 Å². The molecular weight excluding hydrogens is 152 g/mol. The summed E-state index contributed by atoms with van der Waals surface area (Å²) >= 11 is 0. The van der Waals surface area contributed by atoms with E-state index < -0.39 is 0 Å². The summed E-state index contributed by atoms with van der Waals surface area (Å²) in [5.74, 6) is 0. The summed E-state index contributed by atoms with van der Waals surface area (Å²) in [5, 5.41) is 0. The first kappa shape index (κ1) is 8.87. The second-order valence-electron chi connectivity index (χ2n) is 2.60. The Labute approximate surface area is 72.3 Å². The van der Waals surface area contributed by atoms with E-state index >= 15 is 0 Å². The van der Waals surface area contributed by atoms with Crippen molar-refractivity contribution in [1.29, 1.82) is 0 Å². The van der Waals surface area contributed by atoms with E-state index in [-0.39, 0.29) is 0 Å². The van der Waals surface area contributed by atoms with Gasteiger partial charge in [-0.15, -0.1) is 0 Å². The monoisotopic (exact) mass is 166 g/mol. The van der Waals surface area contributed by atoms with E-state index in [9.17, 15) is 0 Å². The summed E-state index contributed by atoms with van der Waals surface area (Å²) in [6.07, 6.45) is 0. The van der Waals surface area contributed by atoms with Gasteiger partial charge >= 0.3 is 0 Å². The first-order valence-electron chi connectivity index (χ1n) is 3.95. The van der Waals surface area contributed by atoms with Gasteiger partial charge < -0.3 is 16.2 Å². The highest BCUT2D eigenvalue weighted by atomic mass is 16.5. The molecule has 0 saturated heterocycles. The lowest BCUT2D eigenvalue weighted by atomic mass is 10.2. The van der Waals surface area contributed by atoms with E-state index in [4.69, 9.17) is 16.2 Å². The van der Waals surface area contributed by atoms with Gasteiger partial charge in [-0.25, -0.2) is 0 Å². The van der Waals surface area contributed by atoms with Crippen molar-refractivity contribution in [2.24, 2.45) is 0 Å². The van der Waals surface area contributed by atoms with Gasteiger partial charge in [0.25, 0.3) is 0 Å². The minimum Gasteiger partial charge on any atom is -0.397 e. The lowest BCUT2D eigenvalue weighted by Gasteiger charge is -2.04. The lowest BCUT2D eigenvalue weighted by Crippen LogP contribution is -1.97. The fourth-order valence-corrected chi connectivity index (χ4v) is 0.934. The molecular formula is C9H14N2O. The largest absolute Gasteiger partial charge is 0.397 e. The zero-order chi connectivity index (χ0) is 8.97. The summed E-state index contributed by atoms with van der Waals surface area (Å²) in [6.45, 7) is 3.27. The van der Waals surface area contributed by atoms with Crippen molar-refractivity contribution in [2.45, 2.75) is 13.5 Å². The summed E-state index contributed by atoms with van der Waals surface area (Å²) in [5.41, 5.74) is 13.5. The van der Waals surface area contributed by atoms with Crippen LogP contribution in [0.1, 0.15) is 12.5 Å². The van der Waals surface area contributed by atoms with Gasteiger partial charge in [0.1, 0.15) is 0 Å². The smallest absolute Gasteiger partial charge is 0.0717 e. The van der Waals surface area contributed by atoms with Crippen LogP contribution in [0.4, 0.5) is 11.4 Å². The van der Waals surface area contributed by atoms with Crippen molar-refractivity contribution in [2.75, 3.05) is 18.1 Å². The molecule has 3 nitrogen and oxygen atoms in total. The molecule has 4 N–H and O–H groups in total. The Morgan fingerprint density at radius 1 is 1.25 bits per heavy atom. The van der Waals surface area contributed by atoms with Crippen LogP contribution in [0.15, 0.2) is 18.2 Å². The molecule has 0 bridgehead atoms. The maximum atomic E-state index is 5.61. The van der Waals surface area contributed by atoms with Crippen LogP contribution >= 0.6 is 0 Å². The molecule has 0 aliphatic carbocycles. The first-order chi connectivity index (χ1) is 5.74. The number of nitrogens with two attached hydrogens (primary N) is 2. The lowest BCUT2D eigenvalue weighted by molar-refractivity contribution is 0.134. The van der Waals surface area contributed by atoms with Crippen LogP contribution in [0.25, 0.3) is 0 Å². The number of benzene rings is 1. The zero-order valence-electron chi connectivity index (χ0n) is 7.21. The average Bonchev–Trinajstić information content (AvgIpc) is 2.07. The molecule has 0 unspecified atom stereocenters. The molecule has 0 fully saturated rings. The fraction of sp³-hybridized carbons (Fsp3) is 0.333. The van der Waals surface area contributed by atoms with Gasteiger partial charge in [0.05, 0.1) is 18.0 Å². The number of rotatable bonds is 3. The second-order valence-corrected chi connectivity index (χ2v) is 2.60. The molecule has 0 aromatic heterocycles. The summed E-state index contributed by atoms with van der Waals surface area (Å²) < 4.78 is 5.22. The van der Waals surface area contributed by atoms with Gasteiger partial charge in [0.15, 0.2) is 0 Å². The molecule has 1 rings (SSSR count). The summed E-state index contributed by atoms with van der Waals surface area (Å²) in [6, 6.07) is 5.55. The Hall–Kier alpha value is -1.22. The van der Waals surface area contributed by atoms with E-state index in [1.807, 2.05) is 19.1 Å². The SMILES string of the molecule is CCOCc1ccc(N)c(N)c1. The number of hydrogen-bond donors (Lipinski definition) is 2. The topological polar surface area (TPSA) is 61.3 Å². The molecule has 66 valence electrons. The molecule has 1 aromatic carbocycles. The normalized spacial score (nSPS) is 10.1. The summed E-state index contributed by atoms with van der Waals surface area (Å²) in [7, 11) is 0. The van der Waals surface area contributed by atoms with Crippen molar-refractivity contribution < 1.29 is 4.74 Å². The molecule has 0 heterocycles. The predicted molar refractivity (Wildman–Crippen MR) is 50.6 cm³/mol. The third-order valence-electron chi connectivity index (χ3n) is 1.62. The van der Waals surface area contributed by atoms with Crippen molar-refractivity contribution in [1.82, 2.24) is 0 Å². The Morgan fingerprint density at radius 2 is 2.00 bits per heavy atom. The van der Waals surface area contributed by atoms with Gasteiger partial charge in [0, 0.05) is 6.61 Å². The highest BCUT2D eigenvalue weighted by Crippen LogP contribution is 2.16. The van der Waals surface area contributed by atoms with Gasteiger partial charge in [-0.3, -0.25) is 0 Å². The van der Waals surface area contributed by atoms with Crippen LogP contribution in [-0.2, 0) is 11.3 Å².